The van der Waals surface area contributed by atoms with Gasteiger partial charge < -0.3 is 5.32 Å². The monoisotopic (exact) mass is 200 g/mol. The number of rotatable bonds is 3. The third kappa shape index (κ3) is 1.88. The Morgan fingerprint density at radius 3 is 2.73 bits per heavy atom. The van der Waals surface area contributed by atoms with Crippen molar-refractivity contribution in [3.63, 3.8) is 0 Å². The molecule has 3 rings (SSSR count). The Morgan fingerprint density at radius 2 is 1.93 bits per heavy atom. The molecular formula is C11H12N4. The lowest BCUT2D eigenvalue weighted by Gasteiger charge is -2.02. The number of nitrogens with zero attached hydrogens (tertiary/aromatic N) is 3. The molecule has 0 amide bonds. The summed E-state index contributed by atoms with van der Waals surface area (Å²) in [5.41, 5.74) is 1.74. The van der Waals surface area contributed by atoms with E-state index in [1.165, 1.54) is 12.8 Å². The minimum atomic E-state index is 0.639. The molecule has 0 radical (unpaired) electrons. The molecule has 0 spiro atoms. The third-order valence-corrected chi connectivity index (χ3v) is 2.61. The molecule has 0 bridgehead atoms. The standard InChI is InChI=1S/C11H12N4/c1-2-4-10-9(3-1)13-11(15-14-10)12-7-8-5-6-8/h1-4,8H,5-7H2,(H,12,13,15). The van der Waals surface area contributed by atoms with Crippen LogP contribution in [0.2, 0.25) is 0 Å². The molecule has 1 aliphatic rings. The molecular weight excluding hydrogens is 188 g/mol. The van der Waals surface area contributed by atoms with Crippen LogP contribution in [0.15, 0.2) is 24.3 Å². The number of hydrogen-bond donors (Lipinski definition) is 1. The number of aromatic nitrogens is 3. The highest BCUT2D eigenvalue weighted by Gasteiger charge is 2.20. The molecule has 15 heavy (non-hydrogen) atoms. The summed E-state index contributed by atoms with van der Waals surface area (Å²) in [6, 6.07) is 7.77. The van der Waals surface area contributed by atoms with Gasteiger partial charge in [-0.15, -0.1) is 10.2 Å². The zero-order valence-electron chi connectivity index (χ0n) is 8.35. The highest BCUT2D eigenvalue weighted by molar-refractivity contribution is 5.73. The van der Waals surface area contributed by atoms with Gasteiger partial charge in [0.15, 0.2) is 0 Å². The normalized spacial score (nSPS) is 15.5. The van der Waals surface area contributed by atoms with Gasteiger partial charge in [0.25, 0.3) is 0 Å². The fourth-order valence-electron chi connectivity index (χ4n) is 1.51. The van der Waals surface area contributed by atoms with Crippen molar-refractivity contribution in [2.45, 2.75) is 12.8 Å². The summed E-state index contributed by atoms with van der Waals surface area (Å²) in [4.78, 5) is 4.39. The first-order valence-electron chi connectivity index (χ1n) is 5.25. The fraction of sp³-hybridized carbons (Fsp3) is 0.364. The number of nitrogens with one attached hydrogen (secondary N) is 1. The van der Waals surface area contributed by atoms with Crippen LogP contribution >= 0.6 is 0 Å². The maximum absolute atomic E-state index is 4.39. The van der Waals surface area contributed by atoms with Gasteiger partial charge in [-0.05, 0) is 30.9 Å². The fourth-order valence-corrected chi connectivity index (χ4v) is 1.51. The summed E-state index contributed by atoms with van der Waals surface area (Å²) < 4.78 is 0. The van der Waals surface area contributed by atoms with Crippen LogP contribution in [0, 0.1) is 5.92 Å². The summed E-state index contributed by atoms with van der Waals surface area (Å²) in [7, 11) is 0. The van der Waals surface area contributed by atoms with Crippen molar-refractivity contribution in [3.05, 3.63) is 24.3 Å². The van der Waals surface area contributed by atoms with Gasteiger partial charge in [-0.1, -0.05) is 12.1 Å². The number of fused-ring (bicyclic) bond motifs is 1. The summed E-state index contributed by atoms with van der Waals surface area (Å²) in [6.45, 7) is 0.972. The molecule has 1 heterocycles. The minimum Gasteiger partial charge on any atom is -0.353 e. The van der Waals surface area contributed by atoms with E-state index in [2.05, 4.69) is 20.5 Å². The van der Waals surface area contributed by atoms with E-state index >= 15 is 0 Å². The maximum Gasteiger partial charge on any atom is 0.243 e. The van der Waals surface area contributed by atoms with Crippen molar-refractivity contribution in [1.29, 1.82) is 0 Å². The average molecular weight is 200 g/mol. The molecule has 1 saturated carbocycles. The quantitative estimate of drug-likeness (QED) is 0.821. The van der Waals surface area contributed by atoms with E-state index in [1.807, 2.05) is 24.3 Å². The van der Waals surface area contributed by atoms with Crippen LogP contribution in [0.1, 0.15) is 12.8 Å². The maximum atomic E-state index is 4.39. The number of anilines is 1. The molecule has 0 unspecified atom stereocenters. The van der Waals surface area contributed by atoms with Gasteiger partial charge in [0, 0.05) is 6.54 Å². The van der Waals surface area contributed by atoms with Crippen molar-refractivity contribution in [1.82, 2.24) is 15.2 Å². The first kappa shape index (κ1) is 8.59. The van der Waals surface area contributed by atoms with E-state index in [0.717, 1.165) is 23.5 Å². The second-order valence-corrected chi connectivity index (χ2v) is 3.95. The van der Waals surface area contributed by atoms with Crippen LogP contribution in [0.3, 0.4) is 0 Å². The van der Waals surface area contributed by atoms with Crippen LogP contribution < -0.4 is 5.32 Å². The lowest BCUT2D eigenvalue weighted by atomic mass is 10.3. The van der Waals surface area contributed by atoms with Crippen LogP contribution in [0.4, 0.5) is 5.95 Å². The van der Waals surface area contributed by atoms with E-state index in [9.17, 15) is 0 Å². The lowest BCUT2D eigenvalue weighted by molar-refractivity contribution is 0.865. The predicted molar refractivity (Wildman–Crippen MR) is 58.5 cm³/mol. The average Bonchev–Trinajstić information content (AvgIpc) is 3.10. The van der Waals surface area contributed by atoms with Crippen molar-refractivity contribution >= 4 is 17.0 Å². The first-order chi connectivity index (χ1) is 7.42. The largest absolute Gasteiger partial charge is 0.353 e. The van der Waals surface area contributed by atoms with Gasteiger partial charge in [-0.3, -0.25) is 0 Å². The molecule has 2 aromatic rings. The molecule has 1 aliphatic carbocycles. The smallest absolute Gasteiger partial charge is 0.243 e. The summed E-state index contributed by atoms with van der Waals surface area (Å²) in [6.07, 6.45) is 2.65. The predicted octanol–water partition coefficient (Wildman–Crippen LogP) is 1.85. The van der Waals surface area contributed by atoms with E-state index in [-0.39, 0.29) is 0 Å². The number of hydrogen-bond acceptors (Lipinski definition) is 4. The summed E-state index contributed by atoms with van der Waals surface area (Å²) in [5, 5.41) is 11.4. The van der Waals surface area contributed by atoms with Crippen molar-refractivity contribution in [3.8, 4) is 0 Å². The van der Waals surface area contributed by atoms with E-state index < -0.39 is 0 Å². The molecule has 1 N–H and O–H groups in total. The van der Waals surface area contributed by atoms with Crippen molar-refractivity contribution < 1.29 is 0 Å². The highest BCUT2D eigenvalue weighted by Crippen LogP contribution is 2.28. The Balaban J connectivity index is 1.84. The Hall–Kier alpha value is -1.71. The zero-order valence-corrected chi connectivity index (χ0v) is 8.35. The van der Waals surface area contributed by atoms with Gasteiger partial charge in [-0.2, -0.15) is 0 Å². The van der Waals surface area contributed by atoms with Crippen molar-refractivity contribution in [2.75, 3.05) is 11.9 Å². The van der Waals surface area contributed by atoms with Gasteiger partial charge in [0.2, 0.25) is 5.95 Å². The van der Waals surface area contributed by atoms with Crippen LogP contribution in [0.5, 0.6) is 0 Å². The van der Waals surface area contributed by atoms with E-state index in [4.69, 9.17) is 0 Å². The molecule has 1 fully saturated rings. The SMILES string of the molecule is c1ccc2nc(NCC3CC3)nnc2c1. The van der Waals surface area contributed by atoms with Gasteiger partial charge in [0.1, 0.15) is 5.52 Å². The Labute approximate surface area is 87.7 Å². The highest BCUT2D eigenvalue weighted by atomic mass is 15.2. The number of benzene rings is 1. The van der Waals surface area contributed by atoms with Gasteiger partial charge >= 0.3 is 0 Å². The Morgan fingerprint density at radius 1 is 1.13 bits per heavy atom. The first-order valence-corrected chi connectivity index (χ1v) is 5.25. The molecule has 1 aromatic carbocycles. The molecule has 0 aliphatic heterocycles. The third-order valence-electron chi connectivity index (χ3n) is 2.61. The second-order valence-electron chi connectivity index (χ2n) is 3.95. The van der Waals surface area contributed by atoms with E-state index in [1.54, 1.807) is 0 Å². The van der Waals surface area contributed by atoms with Crippen molar-refractivity contribution in [2.24, 2.45) is 5.92 Å². The molecule has 0 saturated heterocycles. The second kappa shape index (κ2) is 3.46. The minimum absolute atomic E-state index is 0.639. The summed E-state index contributed by atoms with van der Waals surface area (Å²) >= 11 is 0. The number of para-hydroxylation sites is 1. The molecule has 4 heteroatoms. The summed E-state index contributed by atoms with van der Waals surface area (Å²) in [5.74, 6) is 1.46. The molecule has 4 nitrogen and oxygen atoms in total. The molecule has 1 aromatic heterocycles. The zero-order chi connectivity index (χ0) is 10.1. The molecule has 76 valence electrons. The van der Waals surface area contributed by atoms with Gasteiger partial charge in [0.05, 0.1) is 5.52 Å². The van der Waals surface area contributed by atoms with Crippen LogP contribution in [-0.4, -0.2) is 21.7 Å². The van der Waals surface area contributed by atoms with E-state index in [0.29, 0.717) is 5.95 Å². The Kier molecular flexibility index (Phi) is 1.98. The van der Waals surface area contributed by atoms with Crippen LogP contribution in [-0.2, 0) is 0 Å². The topological polar surface area (TPSA) is 50.7 Å². The molecule has 0 atom stereocenters. The lowest BCUT2D eigenvalue weighted by Crippen LogP contribution is -2.07. The van der Waals surface area contributed by atoms with Gasteiger partial charge in [-0.25, -0.2) is 4.98 Å². The Bertz CT molecular complexity index is 479. The van der Waals surface area contributed by atoms with Crippen LogP contribution in [0.25, 0.3) is 11.0 Å².